The maximum Gasteiger partial charge on any atom is 0.231 e. The summed E-state index contributed by atoms with van der Waals surface area (Å²) in [6.07, 6.45) is 11.5. The minimum absolute atomic E-state index is 0.0264. The van der Waals surface area contributed by atoms with E-state index in [-0.39, 0.29) is 18.1 Å². The summed E-state index contributed by atoms with van der Waals surface area (Å²) in [6.45, 7) is 3.09. The van der Waals surface area contributed by atoms with Crippen LogP contribution in [0.4, 0.5) is 0 Å². The molecule has 0 spiro atoms. The third-order valence-corrected chi connectivity index (χ3v) is 12.0. The molecule has 8 heteroatoms. The smallest absolute Gasteiger partial charge is 0.231 e. The normalized spacial score (nSPS) is 30.1. The van der Waals surface area contributed by atoms with Crippen molar-refractivity contribution < 1.29 is 14.3 Å². The van der Waals surface area contributed by atoms with Gasteiger partial charge in [-0.05, 0) is 105 Å². The van der Waals surface area contributed by atoms with Gasteiger partial charge in [0.2, 0.25) is 12.7 Å². The monoisotopic (exact) mass is 561 g/mol. The van der Waals surface area contributed by atoms with Gasteiger partial charge in [0, 0.05) is 22.2 Å². The van der Waals surface area contributed by atoms with Crippen LogP contribution in [0, 0.1) is 23.7 Å². The van der Waals surface area contributed by atoms with Crippen molar-refractivity contribution in [1.82, 2.24) is 15.3 Å². The van der Waals surface area contributed by atoms with Gasteiger partial charge < -0.3 is 14.8 Å². The Morgan fingerprint density at radius 3 is 2.67 bits per heavy atom. The average Bonchev–Trinajstić information content (AvgIpc) is 3.53. The standard InChI is InChI=1S/C31H35N3O3S2/c1-17-2-4-22-25(6-17)39-29-27(22)28(33-30(34-29)31-11-19-7-20(12-31)9-21(8-19)13-31)38-15-26(35)32-14-18-3-5-23-24(10-18)37-16-36-23/h3,5,10,17,19-21H,2,4,6-9,11-16H2,1H3,(H,32,35)/t17-,19?,20?,21?,31?/m0/s1. The van der Waals surface area contributed by atoms with Gasteiger partial charge in [0.15, 0.2) is 11.5 Å². The molecule has 39 heavy (non-hydrogen) atoms. The maximum atomic E-state index is 13.0. The molecule has 9 rings (SSSR count). The van der Waals surface area contributed by atoms with Crippen LogP contribution in [0.1, 0.15) is 73.7 Å². The molecule has 1 N–H and O–H groups in total. The number of hydrogen-bond donors (Lipinski definition) is 1. The molecule has 4 fully saturated rings. The van der Waals surface area contributed by atoms with E-state index in [2.05, 4.69) is 12.2 Å². The van der Waals surface area contributed by atoms with Crippen molar-refractivity contribution in [2.45, 2.75) is 81.7 Å². The molecule has 0 unspecified atom stereocenters. The number of nitrogens with one attached hydrogen (secondary N) is 1. The molecule has 4 bridgehead atoms. The molecule has 0 saturated heterocycles. The fourth-order valence-electron chi connectivity index (χ4n) is 8.47. The number of aromatic nitrogens is 2. The molecule has 2 aromatic heterocycles. The van der Waals surface area contributed by atoms with Gasteiger partial charge >= 0.3 is 0 Å². The Morgan fingerprint density at radius 1 is 1.10 bits per heavy atom. The molecule has 204 valence electrons. The number of carbonyl (C=O) groups is 1. The number of benzene rings is 1. The van der Waals surface area contributed by atoms with E-state index in [1.165, 1.54) is 60.8 Å². The number of amides is 1. The molecule has 3 heterocycles. The predicted molar refractivity (Wildman–Crippen MR) is 154 cm³/mol. The SMILES string of the molecule is C[C@H]1CCc2c(sc3nc(C45CC6CC(CC(C6)C4)C5)nc(SCC(=O)NCc4ccc5c(c4)OCO5)c23)C1. The van der Waals surface area contributed by atoms with E-state index in [1.807, 2.05) is 29.5 Å². The lowest BCUT2D eigenvalue weighted by molar-refractivity contribution is -0.118. The first-order valence-corrected chi connectivity index (χ1v) is 16.4. The molecule has 1 amide bonds. The number of thiophene rings is 1. The highest BCUT2D eigenvalue weighted by Gasteiger charge is 2.53. The summed E-state index contributed by atoms with van der Waals surface area (Å²) in [7, 11) is 0. The van der Waals surface area contributed by atoms with Crippen LogP contribution in [-0.2, 0) is 29.6 Å². The Bertz CT molecular complexity index is 1430. The summed E-state index contributed by atoms with van der Waals surface area (Å²) >= 11 is 3.51. The van der Waals surface area contributed by atoms with Crippen molar-refractivity contribution in [3.63, 3.8) is 0 Å². The molecule has 6 nitrogen and oxygen atoms in total. The lowest BCUT2D eigenvalue weighted by Crippen LogP contribution is -2.49. The summed E-state index contributed by atoms with van der Waals surface area (Å²) < 4.78 is 10.9. The highest BCUT2D eigenvalue weighted by molar-refractivity contribution is 8.00. The molecule has 5 aliphatic carbocycles. The summed E-state index contributed by atoms with van der Waals surface area (Å²) in [5.74, 6) is 6.26. The van der Waals surface area contributed by atoms with Crippen LogP contribution in [0.15, 0.2) is 23.2 Å². The van der Waals surface area contributed by atoms with Gasteiger partial charge in [-0.25, -0.2) is 9.97 Å². The Morgan fingerprint density at radius 2 is 1.87 bits per heavy atom. The maximum absolute atomic E-state index is 13.0. The minimum atomic E-state index is 0.0264. The lowest BCUT2D eigenvalue weighted by Gasteiger charge is -2.56. The molecule has 3 aromatic rings. The lowest BCUT2D eigenvalue weighted by atomic mass is 9.49. The van der Waals surface area contributed by atoms with Crippen molar-refractivity contribution in [2.24, 2.45) is 23.7 Å². The minimum Gasteiger partial charge on any atom is -0.454 e. The highest BCUT2D eigenvalue weighted by atomic mass is 32.2. The van der Waals surface area contributed by atoms with E-state index in [0.29, 0.717) is 12.3 Å². The van der Waals surface area contributed by atoms with Gasteiger partial charge in [0.05, 0.1) is 5.75 Å². The third kappa shape index (κ3) is 4.33. The zero-order valence-electron chi connectivity index (χ0n) is 22.5. The molecule has 1 atom stereocenters. The zero-order valence-corrected chi connectivity index (χ0v) is 24.1. The highest BCUT2D eigenvalue weighted by Crippen LogP contribution is 2.60. The molecular weight excluding hydrogens is 526 g/mol. The van der Waals surface area contributed by atoms with Crippen LogP contribution in [0.3, 0.4) is 0 Å². The van der Waals surface area contributed by atoms with Gasteiger partial charge in [0.25, 0.3) is 0 Å². The number of fused-ring (bicyclic) bond motifs is 4. The first-order chi connectivity index (χ1) is 19.0. The van der Waals surface area contributed by atoms with Crippen LogP contribution in [0.2, 0.25) is 0 Å². The number of hydrogen-bond acceptors (Lipinski definition) is 7. The van der Waals surface area contributed by atoms with Crippen molar-refractivity contribution in [1.29, 1.82) is 0 Å². The molecule has 1 aliphatic heterocycles. The molecule has 6 aliphatic rings. The Hall–Kier alpha value is -2.32. The van der Waals surface area contributed by atoms with E-state index in [4.69, 9.17) is 19.4 Å². The van der Waals surface area contributed by atoms with Crippen LogP contribution in [-0.4, -0.2) is 28.4 Å². The number of thioether (sulfide) groups is 1. The van der Waals surface area contributed by atoms with Crippen LogP contribution >= 0.6 is 23.1 Å². The first kappa shape index (κ1) is 24.5. The van der Waals surface area contributed by atoms with E-state index >= 15 is 0 Å². The number of rotatable bonds is 6. The summed E-state index contributed by atoms with van der Waals surface area (Å²) in [5.41, 5.74) is 2.61. The van der Waals surface area contributed by atoms with E-state index in [9.17, 15) is 4.79 Å². The molecule has 1 aromatic carbocycles. The van der Waals surface area contributed by atoms with Crippen molar-refractivity contribution in [3.05, 3.63) is 40.0 Å². The van der Waals surface area contributed by atoms with Crippen LogP contribution < -0.4 is 14.8 Å². The van der Waals surface area contributed by atoms with Gasteiger partial charge in [-0.1, -0.05) is 24.8 Å². The molecular formula is C31H35N3O3S2. The average molecular weight is 562 g/mol. The topological polar surface area (TPSA) is 73.3 Å². The summed E-state index contributed by atoms with van der Waals surface area (Å²) in [5, 5.41) is 5.37. The largest absolute Gasteiger partial charge is 0.454 e. The Balaban J connectivity index is 1.07. The van der Waals surface area contributed by atoms with Crippen LogP contribution in [0.5, 0.6) is 11.5 Å². The fraction of sp³-hybridized carbons (Fsp3) is 0.581. The second kappa shape index (κ2) is 9.37. The Kier molecular flexibility index (Phi) is 5.88. The first-order valence-electron chi connectivity index (χ1n) is 14.6. The van der Waals surface area contributed by atoms with Gasteiger partial charge in [-0.15, -0.1) is 11.3 Å². The van der Waals surface area contributed by atoms with Crippen LogP contribution in [0.25, 0.3) is 10.2 Å². The van der Waals surface area contributed by atoms with Gasteiger partial charge in [0.1, 0.15) is 15.7 Å². The van der Waals surface area contributed by atoms with E-state index in [1.54, 1.807) is 11.8 Å². The van der Waals surface area contributed by atoms with Crippen molar-refractivity contribution in [2.75, 3.05) is 12.5 Å². The number of nitrogens with zero attached hydrogens (tertiary/aromatic N) is 2. The van der Waals surface area contributed by atoms with Gasteiger partial charge in [-0.2, -0.15) is 0 Å². The quantitative estimate of drug-likeness (QED) is 0.277. The second-order valence-corrected chi connectivity index (χ2v) is 14.9. The van der Waals surface area contributed by atoms with Crippen molar-refractivity contribution in [3.8, 4) is 11.5 Å². The number of ether oxygens (including phenoxy) is 2. The molecule has 4 saturated carbocycles. The summed E-state index contributed by atoms with van der Waals surface area (Å²) in [6, 6.07) is 5.83. The molecule has 0 radical (unpaired) electrons. The van der Waals surface area contributed by atoms with E-state index < -0.39 is 0 Å². The fourth-order valence-corrected chi connectivity index (χ4v) is 10.8. The predicted octanol–water partition coefficient (Wildman–Crippen LogP) is 6.42. The number of aryl methyl sites for hydroxylation is 1. The van der Waals surface area contributed by atoms with E-state index in [0.717, 1.165) is 69.3 Å². The zero-order chi connectivity index (χ0) is 26.1. The van der Waals surface area contributed by atoms with Gasteiger partial charge in [-0.3, -0.25) is 4.79 Å². The van der Waals surface area contributed by atoms with Crippen molar-refractivity contribution >= 4 is 39.2 Å². The second-order valence-electron chi connectivity index (χ2n) is 12.8. The third-order valence-electron chi connectivity index (χ3n) is 9.90. The number of carbonyl (C=O) groups excluding carboxylic acids is 1. The summed E-state index contributed by atoms with van der Waals surface area (Å²) in [4.78, 5) is 26.4. The Labute approximate surface area is 237 Å².